The number of hydrogen-bond acceptors (Lipinski definition) is 4. The molecule has 1 N–H and O–H groups in total. The van der Waals surface area contributed by atoms with E-state index in [2.05, 4.69) is 15.9 Å². The first kappa shape index (κ1) is 13.2. The molecule has 1 aromatic rings. The number of carbonyl (C=O) groups is 1. The number of carboxylic acids is 1. The van der Waals surface area contributed by atoms with Crippen LogP contribution in [-0.2, 0) is 16.1 Å². The molecule has 0 saturated carbocycles. The summed E-state index contributed by atoms with van der Waals surface area (Å²) >= 11 is 3.40. The van der Waals surface area contributed by atoms with E-state index < -0.39 is 12.1 Å². The number of carboxylic acid groups (broad SMARTS) is 1. The van der Waals surface area contributed by atoms with Crippen molar-refractivity contribution in [1.82, 2.24) is 0 Å². The van der Waals surface area contributed by atoms with Gasteiger partial charge in [0, 0.05) is 4.47 Å². The summed E-state index contributed by atoms with van der Waals surface area (Å²) in [5.74, 6) is 0.359. The fraction of sp³-hybridized carbons (Fsp3) is 0.417. The van der Waals surface area contributed by atoms with Gasteiger partial charge in [0.25, 0.3) is 0 Å². The van der Waals surface area contributed by atoms with Gasteiger partial charge in [-0.25, -0.2) is 4.79 Å². The van der Waals surface area contributed by atoms with E-state index in [0.717, 1.165) is 10.0 Å². The molecule has 1 unspecified atom stereocenters. The van der Waals surface area contributed by atoms with E-state index in [1.54, 1.807) is 12.1 Å². The number of fused-ring (bicyclic) bond motifs is 1. The van der Waals surface area contributed by atoms with Crippen LogP contribution in [0.3, 0.4) is 0 Å². The van der Waals surface area contributed by atoms with Crippen LogP contribution in [0.2, 0.25) is 0 Å². The minimum atomic E-state index is -0.983. The van der Waals surface area contributed by atoms with Crippen molar-refractivity contribution in [3.63, 3.8) is 0 Å². The topological polar surface area (TPSA) is 65.0 Å². The van der Waals surface area contributed by atoms with E-state index in [9.17, 15) is 4.79 Å². The van der Waals surface area contributed by atoms with Crippen molar-refractivity contribution in [3.05, 3.63) is 22.2 Å². The number of ether oxygens (including phenoxy) is 3. The van der Waals surface area contributed by atoms with Gasteiger partial charge in [-0.1, -0.05) is 15.9 Å². The van der Waals surface area contributed by atoms with Crippen LogP contribution in [0.25, 0.3) is 0 Å². The Morgan fingerprint density at radius 2 is 2.06 bits per heavy atom. The summed E-state index contributed by atoms with van der Waals surface area (Å²) in [5, 5.41) is 8.74. The van der Waals surface area contributed by atoms with Gasteiger partial charge in [-0.2, -0.15) is 0 Å². The summed E-state index contributed by atoms with van der Waals surface area (Å²) in [6.45, 7) is 2.74. The third-order valence-electron chi connectivity index (χ3n) is 2.55. The molecular formula is C12H13BrO5. The highest BCUT2D eigenvalue weighted by atomic mass is 79.9. The minimum absolute atomic E-state index is 0.199. The van der Waals surface area contributed by atoms with Crippen molar-refractivity contribution >= 4 is 21.9 Å². The van der Waals surface area contributed by atoms with Gasteiger partial charge in [-0.05, 0) is 24.6 Å². The highest BCUT2D eigenvalue weighted by molar-refractivity contribution is 9.10. The van der Waals surface area contributed by atoms with E-state index in [0.29, 0.717) is 24.7 Å². The fourth-order valence-corrected chi connectivity index (χ4v) is 1.94. The molecule has 1 aromatic carbocycles. The van der Waals surface area contributed by atoms with Crippen LogP contribution < -0.4 is 9.47 Å². The van der Waals surface area contributed by atoms with Gasteiger partial charge in [0.1, 0.15) is 13.2 Å². The van der Waals surface area contributed by atoms with Crippen LogP contribution in [0.1, 0.15) is 12.5 Å². The van der Waals surface area contributed by atoms with Crippen LogP contribution >= 0.6 is 15.9 Å². The van der Waals surface area contributed by atoms with Crippen molar-refractivity contribution in [3.8, 4) is 11.5 Å². The van der Waals surface area contributed by atoms with Crippen LogP contribution in [0.5, 0.6) is 11.5 Å². The largest absolute Gasteiger partial charge is 0.486 e. The standard InChI is InChI=1S/C12H13BrO5/c1-7(12(14)15)18-6-8-4-10-11(5-9(8)13)17-3-2-16-10/h4-5,7H,2-3,6H2,1H3,(H,14,15). The smallest absolute Gasteiger partial charge is 0.332 e. The SMILES string of the molecule is CC(OCc1cc2c(cc1Br)OCCO2)C(=O)O. The van der Waals surface area contributed by atoms with Gasteiger partial charge in [-0.3, -0.25) is 0 Å². The summed E-state index contributed by atoms with van der Waals surface area (Å²) in [7, 11) is 0. The second-order valence-electron chi connectivity index (χ2n) is 3.88. The molecule has 0 bridgehead atoms. The average molecular weight is 317 g/mol. The molecule has 0 aliphatic carbocycles. The molecule has 1 atom stereocenters. The third-order valence-corrected chi connectivity index (χ3v) is 3.29. The molecule has 0 saturated heterocycles. The lowest BCUT2D eigenvalue weighted by atomic mass is 10.2. The number of halogens is 1. The van der Waals surface area contributed by atoms with Crippen LogP contribution in [-0.4, -0.2) is 30.4 Å². The fourth-order valence-electron chi connectivity index (χ4n) is 1.50. The minimum Gasteiger partial charge on any atom is -0.486 e. The number of hydrogen-bond donors (Lipinski definition) is 1. The molecule has 98 valence electrons. The zero-order valence-electron chi connectivity index (χ0n) is 9.81. The molecule has 2 rings (SSSR count). The van der Waals surface area contributed by atoms with Crippen molar-refractivity contribution in [2.24, 2.45) is 0 Å². The van der Waals surface area contributed by atoms with E-state index in [1.165, 1.54) is 6.92 Å². The van der Waals surface area contributed by atoms with Gasteiger partial charge in [-0.15, -0.1) is 0 Å². The Kier molecular flexibility index (Phi) is 4.08. The zero-order valence-corrected chi connectivity index (χ0v) is 11.4. The quantitative estimate of drug-likeness (QED) is 0.922. The Labute approximate surface area is 113 Å². The van der Waals surface area contributed by atoms with E-state index >= 15 is 0 Å². The molecule has 0 amide bonds. The van der Waals surface area contributed by atoms with E-state index in [4.69, 9.17) is 19.3 Å². The number of rotatable bonds is 4. The molecule has 0 spiro atoms. The summed E-state index contributed by atoms with van der Waals surface area (Å²) in [6.07, 6.45) is -0.842. The molecule has 0 aromatic heterocycles. The van der Waals surface area contributed by atoms with Crippen molar-refractivity contribution in [1.29, 1.82) is 0 Å². The zero-order chi connectivity index (χ0) is 13.1. The molecule has 1 aliphatic rings. The first-order chi connectivity index (χ1) is 8.58. The molecule has 0 radical (unpaired) electrons. The second kappa shape index (κ2) is 5.58. The maximum Gasteiger partial charge on any atom is 0.332 e. The third kappa shape index (κ3) is 2.94. The van der Waals surface area contributed by atoms with Crippen molar-refractivity contribution in [2.75, 3.05) is 13.2 Å². The predicted octanol–water partition coefficient (Wildman–Crippen LogP) is 2.21. The Morgan fingerprint density at radius 3 is 2.67 bits per heavy atom. The Bertz CT molecular complexity index is 460. The summed E-state index contributed by atoms with van der Waals surface area (Å²) in [5.41, 5.74) is 0.826. The molecule has 18 heavy (non-hydrogen) atoms. The first-order valence-corrected chi connectivity index (χ1v) is 6.29. The Morgan fingerprint density at radius 1 is 1.44 bits per heavy atom. The molecule has 6 heteroatoms. The lowest BCUT2D eigenvalue weighted by molar-refractivity contribution is -0.149. The van der Waals surface area contributed by atoms with Crippen LogP contribution in [0.4, 0.5) is 0 Å². The van der Waals surface area contributed by atoms with Gasteiger partial charge < -0.3 is 19.3 Å². The number of benzene rings is 1. The highest BCUT2D eigenvalue weighted by Crippen LogP contribution is 2.35. The van der Waals surface area contributed by atoms with Crippen molar-refractivity contribution in [2.45, 2.75) is 19.6 Å². The van der Waals surface area contributed by atoms with Gasteiger partial charge in [0.2, 0.25) is 0 Å². The van der Waals surface area contributed by atoms with E-state index in [-0.39, 0.29) is 6.61 Å². The molecule has 1 heterocycles. The first-order valence-electron chi connectivity index (χ1n) is 5.50. The monoisotopic (exact) mass is 316 g/mol. The molecule has 1 aliphatic heterocycles. The average Bonchev–Trinajstić information content (AvgIpc) is 2.35. The Balaban J connectivity index is 2.11. The number of aliphatic carboxylic acids is 1. The maximum atomic E-state index is 10.7. The van der Waals surface area contributed by atoms with Crippen LogP contribution in [0, 0.1) is 0 Å². The molecular weight excluding hydrogens is 304 g/mol. The lowest BCUT2D eigenvalue weighted by Crippen LogP contribution is -2.20. The normalized spacial score (nSPS) is 15.2. The van der Waals surface area contributed by atoms with Crippen molar-refractivity contribution < 1.29 is 24.1 Å². The van der Waals surface area contributed by atoms with Gasteiger partial charge in [0.15, 0.2) is 17.6 Å². The summed E-state index contributed by atoms with van der Waals surface area (Å²) in [4.78, 5) is 10.7. The molecule has 5 nitrogen and oxygen atoms in total. The van der Waals surface area contributed by atoms with E-state index in [1.807, 2.05) is 0 Å². The molecule has 0 fully saturated rings. The summed E-state index contributed by atoms with van der Waals surface area (Å²) < 4.78 is 16.9. The predicted molar refractivity (Wildman–Crippen MR) is 67.0 cm³/mol. The second-order valence-corrected chi connectivity index (χ2v) is 4.73. The lowest BCUT2D eigenvalue weighted by Gasteiger charge is -2.20. The van der Waals surface area contributed by atoms with Gasteiger partial charge >= 0.3 is 5.97 Å². The highest BCUT2D eigenvalue weighted by Gasteiger charge is 2.17. The van der Waals surface area contributed by atoms with Crippen LogP contribution in [0.15, 0.2) is 16.6 Å². The summed E-state index contributed by atoms with van der Waals surface area (Å²) in [6, 6.07) is 3.60. The maximum absolute atomic E-state index is 10.7. The van der Waals surface area contributed by atoms with Gasteiger partial charge in [0.05, 0.1) is 6.61 Å². The Hall–Kier alpha value is -1.27.